The van der Waals surface area contributed by atoms with Gasteiger partial charge < -0.3 is 10.2 Å². The first-order valence-electron chi connectivity index (χ1n) is 7.64. The number of carbonyl (C=O) groups excluding carboxylic acids is 1. The summed E-state index contributed by atoms with van der Waals surface area (Å²) in [6, 6.07) is 8.56. The monoisotopic (exact) mass is 302 g/mol. The number of hydrogen-bond donors (Lipinski definition) is 1. The summed E-state index contributed by atoms with van der Waals surface area (Å²) in [5, 5.41) is 5.06. The molecule has 3 aliphatic heterocycles. The maximum atomic E-state index is 12.0. The Morgan fingerprint density at radius 2 is 2.10 bits per heavy atom. The van der Waals surface area contributed by atoms with Crippen LogP contribution in [0.4, 0.5) is 0 Å². The van der Waals surface area contributed by atoms with E-state index in [0.29, 0.717) is 12.0 Å². The number of rotatable bonds is 4. The molecule has 2 bridgehead atoms. The number of piperidine rings is 3. The van der Waals surface area contributed by atoms with Crippen LogP contribution in [-0.2, 0) is 4.79 Å². The van der Waals surface area contributed by atoms with Crippen LogP contribution in [0.15, 0.2) is 40.6 Å². The lowest BCUT2D eigenvalue weighted by atomic mass is 9.84. The van der Waals surface area contributed by atoms with Gasteiger partial charge in [0.15, 0.2) is 0 Å². The molecule has 0 aliphatic carbocycles. The zero-order chi connectivity index (χ0) is 14.7. The van der Waals surface area contributed by atoms with Crippen molar-refractivity contribution in [2.75, 3.05) is 19.6 Å². The molecule has 0 radical (unpaired) electrons. The van der Waals surface area contributed by atoms with Gasteiger partial charge in [-0.05, 0) is 55.8 Å². The Hall–Kier alpha value is -1.26. The van der Waals surface area contributed by atoms with E-state index in [4.69, 9.17) is 0 Å². The van der Waals surface area contributed by atoms with E-state index in [0.717, 1.165) is 6.54 Å². The fourth-order valence-electron chi connectivity index (χ4n) is 3.22. The maximum Gasteiger partial charge on any atom is 0.244 e. The molecule has 0 unspecified atom stereocenters. The molecule has 1 amide bonds. The molecule has 3 heterocycles. The van der Waals surface area contributed by atoms with Crippen molar-refractivity contribution in [2.45, 2.75) is 30.7 Å². The normalized spacial score (nSPS) is 28.0. The minimum absolute atomic E-state index is 0.0369. The van der Waals surface area contributed by atoms with E-state index in [-0.39, 0.29) is 5.91 Å². The second kappa shape index (κ2) is 6.67. The van der Waals surface area contributed by atoms with Crippen LogP contribution < -0.4 is 5.32 Å². The summed E-state index contributed by atoms with van der Waals surface area (Å²) in [5.74, 6) is 0.714. The van der Waals surface area contributed by atoms with Crippen LogP contribution in [0.1, 0.15) is 18.4 Å². The molecule has 3 fully saturated rings. The SMILES string of the molecule is Cc1ccccc1S/C=C\C(=O)N[C@H]1CN2CCC1CC2. The average Bonchev–Trinajstić information content (AvgIpc) is 2.50. The van der Waals surface area contributed by atoms with Gasteiger partial charge in [-0.15, -0.1) is 0 Å². The fraction of sp³-hybridized carbons (Fsp3) is 0.471. The molecule has 112 valence electrons. The van der Waals surface area contributed by atoms with Crippen molar-refractivity contribution in [3.8, 4) is 0 Å². The Bertz CT molecular complexity index is 535. The van der Waals surface area contributed by atoms with Crippen molar-refractivity contribution < 1.29 is 4.79 Å². The quantitative estimate of drug-likeness (QED) is 0.686. The Kier molecular flexibility index (Phi) is 4.66. The first kappa shape index (κ1) is 14.7. The van der Waals surface area contributed by atoms with Crippen LogP contribution in [0.5, 0.6) is 0 Å². The van der Waals surface area contributed by atoms with Crippen molar-refractivity contribution in [3.63, 3.8) is 0 Å². The predicted molar refractivity (Wildman–Crippen MR) is 87.3 cm³/mol. The third-order valence-corrected chi connectivity index (χ3v) is 5.48. The third kappa shape index (κ3) is 3.69. The van der Waals surface area contributed by atoms with E-state index in [1.54, 1.807) is 17.8 Å². The molecule has 3 saturated heterocycles. The lowest BCUT2D eigenvalue weighted by Gasteiger charge is -2.44. The number of carbonyl (C=O) groups is 1. The largest absolute Gasteiger partial charge is 0.348 e. The number of nitrogens with zero attached hydrogens (tertiary/aromatic N) is 1. The summed E-state index contributed by atoms with van der Waals surface area (Å²) < 4.78 is 0. The molecule has 1 atom stereocenters. The van der Waals surface area contributed by atoms with Crippen LogP contribution in [0.2, 0.25) is 0 Å². The van der Waals surface area contributed by atoms with Crippen molar-refractivity contribution in [1.29, 1.82) is 0 Å². The van der Waals surface area contributed by atoms with Gasteiger partial charge in [0.2, 0.25) is 5.91 Å². The highest BCUT2D eigenvalue weighted by atomic mass is 32.2. The Morgan fingerprint density at radius 1 is 1.33 bits per heavy atom. The van der Waals surface area contributed by atoms with Crippen LogP contribution >= 0.6 is 11.8 Å². The van der Waals surface area contributed by atoms with Gasteiger partial charge in [0.05, 0.1) is 0 Å². The molecule has 0 spiro atoms. The number of hydrogen-bond acceptors (Lipinski definition) is 3. The Labute approximate surface area is 130 Å². The molecular weight excluding hydrogens is 280 g/mol. The summed E-state index contributed by atoms with van der Waals surface area (Å²) in [4.78, 5) is 15.7. The number of thioether (sulfide) groups is 1. The second-order valence-electron chi connectivity index (χ2n) is 5.94. The molecule has 1 aromatic rings. The third-order valence-electron chi connectivity index (χ3n) is 4.49. The first-order valence-corrected chi connectivity index (χ1v) is 8.52. The molecule has 3 aliphatic rings. The van der Waals surface area contributed by atoms with E-state index in [9.17, 15) is 4.79 Å². The van der Waals surface area contributed by atoms with Gasteiger partial charge in [-0.1, -0.05) is 30.0 Å². The first-order chi connectivity index (χ1) is 10.2. The molecule has 3 nitrogen and oxygen atoms in total. The summed E-state index contributed by atoms with van der Waals surface area (Å²) in [7, 11) is 0. The van der Waals surface area contributed by atoms with Crippen LogP contribution in [0.3, 0.4) is 0 Å². The molecule has 1 N–H and O–H groups in total. The van der Waals surface area contributed by atoms with Crippen molar-refractivity contribution in [3.05, 3.63) is 41.3 Å². The van der Waals surface area contributed by atoms with Crippen molar-refractivity contribution >= 4 is 17.7 Å². The average molecular weight is 302 g/mol. The van der Waals surface area contributed by atoms with Crippen LogP contribution in [0, 0.1) is 12.8 Å². The minimum atomic E-state index is 0.0369. The lowest BCUT2D eigenvalue weighted by Crippen LogP contribution is -2.57. The van der Waals surface area contributed by atoms with E-state index >= 15 is 0 Å². The smallest absolute Gasteiger partial charge is 0.244 e. The highest BCUT2D eigenvalue weighted by molar-refractivity contribution is 8.02. The standard InChI is InChI=1S/C17H22N2OS/c1-13-4-2-3-5-16(13)21-11-8-17(20)18-15-12-19-9-6-14(15)7-10-19/h2-5,8,11,14-15H,6-7,9-10,12H2,1H3,(H,18,20)/b11-8-/t15-/m0/s1. The van der Waals surface area contributed by atoms with Gasteiger partial charge in [-0.2, -0.15) is 0 Å². The number of aryl methyl sites for hydroxylation is 1. The Morgan fingerprint density at radius 3 is 2.76 bits per heavy atom. The number of amides is 1. The molecule has 0 aromatic heterocycles. The molecular formula is C17H22N2OS. The van der Waals surface area contributed by atoms with Gasteiger partial charge >= 0.3 is 0 Å². The van der Waals surface area contributed by atoms with Crippen LogP contribution in [0.25, 0.3) is 0 Å². The number of benzene rings is 1. The van der Waals surface area contributed by atoms with Gasteiger partial charge in [0, 0.05) is 23.6 Å². The highest BCUT2D eigenvalue weighted by Crippen LogP contribution is 2.27. The highest BCUT2D eigenvalue weighted by Gasteiger charge is 2.34. The van der Waals surface area contributed by atoms with Crippen molar-refractivity contribution in [1.82, 2.24) is 10.2 Å². The van der Waals surface area contributed by atoms with Crippen molar-refractivity contribution in [2.24, 2.45) is 5.92 Å². The zero-order valence-corrected chi connectivity index (χ0v) is 13.2. The van der Waals surface area contributed by atoms with Gasteiger partial charge in [-0.3, -0.25) is 4.79 Å². The summed E-state index contributed by atoms with van der Waals surface area (Å²) in [6.45, 7) is 5.52. The summed E-state index contributed by atoms with van der Waals surface area (Å²) >= 11 is 1.60. The molecule has 4 rings (SSSR count). The lowest BCUT2D eigenvalue weighted by molar-refractivity contribution is -0.118. The predicted octanol–water partition coefficient (Wildman–Crippen LogP) is 2.81. The molecule has 21 heavy (non-hydrogen) atoms. The molecule has 1 aromatic carbocycles. The molecule has 4 heteroatoms. The van der Waals surface area contributed by atoms with E-state index < -0.39 is 0 Å². The summed E-state index contributed by atoms with van der Waals surface area (Å²) in [5.41, 5.74) is 1.24. The maximum absolute atomic E-state index is 12.0. The van der Waals surface area contributed by atoms with Crippen LogP contribution in [-0.4, -0.2) is 36.5 Å². The zero-order valence-electron chi connectivity index (χ0n) is 12.4. The number of fused-ring (bicyclic) bond motifs is 3. The van der Waals surface area contributed by atoms with E-state index in [1.165, 1.54) is 36.4 Å². The van der Waals surface area contributed by atoms with Gasteiger partial charge in [0.1, 0.15) is 0 Å². The summed E-state index contributed by atoms with van der Waals surface area (Å²) in [6.07, 6.45) is 4.12. The minimum Gasteiger partial charge on any atom is -0.348 e. The van der Waals surface area contributed by atoms with Gasteiger partial charge in [-0.25, -0.2) is 0 Å². The van der Waals surface area contributed by atoms with Gasteiger partial charge in [0.25, 0.3) is 0 Å². The fourth-order valence-corrected chi connectivity index (χ4v) is 3.97. The van der Waals surface area contributed by atoms with E-state index in [1.807, 2.05) is 17.5 Å². The molecule has 0 saturated carbocycles. The second-order valence-corrected chi connectivity index (χ2v) is 6.89. The Balaban J connectivity index is 1.50. The van der Waals surface area contributed by atoms with E-state index in [2.05, 4.69) is 29.3 Å². The number of nitrogens with one attached hydrogen (secondary N) is 1. The topological polar surface area (TPSA) is 32.3 Å².